The molecule has 0 atom stereocenters. The number of primary amides is 1. The number of alkyl halides is 3. The number of carbonyl (C=O) groups is 1. The van der Waals surface area contributed by atoms with Gasteiger partial charge < -0.3 is 10.5 Å². The van der Waals surface area contributed by atoms with Crippen LogP contribution in [0, 0.1) is 0 Å². The maximum Gasteiger partial charge on any atom is 0.573 e. The van der Waals surface area contributed by atoms with Gasteiger partial charge in [0.2, 0.25) is 0 Å². The highest BCUT2D eigenvalue weighted by Gasteiger charge is 2.30. The number of amides is 1. The molecule has 3 nitrogen and oxygen atoms in total. The second kappa shape index (κ2) is 4.93. The molecule has 2 N–H and O–H groups in total. The summed E-state index contributed by atoms with van der Waals surface area (Å²) >= 11 is 1.18. The van der Waals surface area contributed by atoms with Gasteiger partial charge in [0.1, 0.15) is 5.75 Å². The summed E-state index contributed by atoms with van der Waals surface area (Å²) < 4.78 is 39.7. The molecular formula is C12H8F3NO2S. The summed E-state index contributed by atoms with van der Waals surface area (Å²) in [6, 6.07) is 8.65. The summed E-state index contributed by atoms with van der Waals surface area (Å²) in [5, 5.41) is 0. The standard InChI is InChI=1S/C12H8F3NO2S/c13-12(14,15)18-8-3-1-7(2-4-8)9-5-6-10(19-9)11(16)17/h1-6H,(H2,16,17). The van der Waals surface area contributed by atoms with Crippen LogP contribution in [0.25, 0.3) is 10.4 Å². The molecule has 1 aromatic carbocycles. The molecule has 1 aromatic heterocycles. The van der Waals surface area contributed by atoms with E-state index in [9.17, 15) is 18.0 Å². The number of rotatable bonds is 3. The van der Waals surface area contributed by atoms with Gasteiger partial charge in [0, 0.05) is 4.88 Å². The van der Waals surface area contributed by atoms with Crippen molar-refractivity contribution in [2.45, 2.75) is 6.36 Å². The third-order valence-corrected chi connectivity index (χ3v) is 3.37. The van der Waals surface area contributed by atoms with Crippen LogP contribution in [0.1, 0.15) is 9.67 Å². The number of hydrogen-bond donors (Lipinski definition) is 1. The molecule has 0 saturated heterocycles. The number of halogens is 3. The minimum absolute atomic E-state index is 0.289. The van der Waals surface area contributed by atoms with Gasteiger partial charge >= 0.3 is 6.36 Å². The molecule has 0 aliphatic rings. The van der Waals surface area contributed by atoms with Crippen molar-refractivity contribution < 1.29 is 22.7 Å². The van der Waals surface area contributed by atoms with Crippen molar-refractivity contribution in [1.29, 1.82) is 0 Å². The van der Waals surface area contributed by atoms with E-state index in [0.29, 0.717) is 10.4 Å². The summed E-state index contributed by atoms with van der Waals surface area (Å²) in [4.78, 5) is 12.1. The van der Waals surface area contributed by atoms with Gasteiger partial charge in [-0.2, -0.15) is 0 Å². The van der Waals surface area contributed by atoms with Crippen LogP contribution in [0.3, 0.4) is 0 Å². The molecule has 0 aliphatic heterocycles. The molecule has 100 valence electrons. The van der Waals surface area contributed by atoms with Crippen LogP contribution in [0.4, 0.5) is 13.2 Å². The van der Waals surface area contributed by atoms with E-state index in [0.717, 1.165) is 4.88 Å². The molecule has 2 aromatic rings. The molecule has 7 heteroatoms. The van der Waals surface area contributed by atoms with E-state index in [1.54, 1.807) is 12.1 Å². The average Bonchev–Trinajstić information content (AvgIpc) is 2.77. The zero-order valence-corrected chi connectivity index (χ0v) is 10.2. The average molecular weight is 287 g/mol. The quantitative estimate of drug-likeness (QED) is 0.940. The first-order chi connectivity index (χ1) is 8.85. The molecule has 1 heterocycles. The van der Waals surface area contributed by atoms with Gasteiger partial charge in [-0.05, 0) is 42.0 Å². The molecule has 0 radical (unpaired) electrons. The molecule has 0 saturated carbocycles. The third kappa shape index (κ3) is 3.47. The fourth-order valence-corrected chi connectivity index (χ4v) is 2.31. The molecule has 0 fully saturated rings. The van der Waals surface area contributed by atoms with Gasteiger partial charge in [-0.3, -0.25) is 4.79 Å². The lowest BCUT2D eigenvalue weighted by molar-refractivity contribution is -0.274. The minimum Gasteiger partial charge on any atom is -0.406 e. The zero-order valence-electron chi connectivity index (χ0n) is 9.40. The molecule has 0 unspecified atom stereocenters. The third-order valence-electron chi connectivity index (χ3n) is 2.22. The lowest BCUT2D eigenvalue weighted by Crippen LogP contribution is -2.16. The number of carbonyl (C=O) groups excluding carboxylic acids is 1. The van der Waals surface area contributed by atoms with Crippen LogP contribution in [0.5, 0.6) is 5.75 Å². The van der Waals surface area contributed by atoms with Gasteiger partial charge in [0.25, 0.3) is 5.91 Å². The van der Waals surface area contributed by atoms with Gasteiger partial charge in [0.15, 0.2) is 0 Å². The molecule has 0 bridgehead atoms. The number of benzene rings is 1. The molecule has 19 heavy (non-hydrogen) atoms. The Hall–Kier alpha value is -2.02. The van der Waals surface area contributed by atoms with Gasteiger partial charge in [-0.15, -0.1) is 24.5 Å². The van der Waals surface area contributed by atoms with E-state index in [-0.39, 0.29) is 5.75 Å². The highest BCUT2D eigenvalue weighted by atomic mass is 32.1. The van der Waals surface area contributed by atoms with E-state index in [1.807, 2.05) is 0 Å². The van der Waals surface area contributed by atoms with Crippen LogP contribution < -0.4 is 10.5 Å². The Balaban J connectivity index is 2.20. The maximum absolute atomic E-state index is 12.0. The van der Waals surface area contributed by atoms with Crippen molar-refractivity contribution in [3.8, 4) is 16.2 Å². The fraction of sp³-hybridized carbons (Fsp3) is 0.0833. The Kier molecular flexibility index (Phi) is 3.48. The van der Waals surface area contributed by atoms with Crippen molar-refractivity contribution >= 4 is 17.2 Å². The Morgan fingerprint density at radius 3 is 2.21 bits per heavy atom. The van der Waals surface area contributed by atoms with Crippen LogP contribution in [0.2, 0.25) is 0 Å². The monoisotopic (exact) mass is 287 g/mol. The normalized spacial score (nSPS) is 11.3. The van der Waals surface area contributed by atoms with Crippen LogP contribution in [-0.2, 0) is 0 Å². The van der Waals surface area contributed by atoms with Gasteiger partial charge in [0.05, 0.1) is 4.88 Å². The smallest absolute Gasteiger partial charge is 0.406 e. The number of nitrogens with two attached hydrogens (primary N) is 1. The van der Waals surface area contributed by atoms with Crippen LogP contribution in [0.15, 0.2) is 36.4 Å². The summed E-state index contributed by atoms with van der Waals surface area (Å²) in [6.07, 6.45) is -4.70. The van der Waals surface area contributed by atoms with E-state index in [4.69, 9.17) is 5.73 Å². The Morgan fingerprint density at radius 1 is 1.11 bits per heavy atom. The molecule has 0 aliphatic carbocycles. The molecule has 2 rings (SSSR count). The number of thiophene rings is 1. The second-order valence-corrected chi connectivity index (χ2v) is 4.68. The highest BCUT2D eigenvalue weighted by Crippen LogP contribution is 2.30. The van der Waals surface area contributed by atoms with E-state index < -0.39 is 12.3 Å². The lowest BCUT2D eigenvalue weighted by atomic mass is 10.2. The Labute approximate surface area is 110 Å². The highest BCUT2D eigenvalue weighted by molar-refractivity contribution is 7.17. The zero-order chi connectivity index (χ0) is 14.0. The first-order valence-electron chi connectivity index (χ1n) is 5.11. The minimum atomic E-state index is -4.70. The van der Waals surface area contributed by atoms with Crippen molar-refractivity contribution in [3.63, 3.8) is 0 Å². The lowest BCUT2D eigenvalue weighted by Gasteiger charge is -2.08. The Morgan fingerprint density at radius 2 is 1.74 bits per heavy atom. The summed E-state index contributed by atoms with van der Waals surface area (Å²) in [6.45, 7) is 0. The molecule has 0 spiro atoms. The topological polar surface area (TPSA) is 52.3 Å². The summed E-state index contributed by atoms with van der Waals surface area (Å²) in [7, 11) is 0. The summed E-state index contributed by atoms with van der Waals surface area (Å²) in [5.41, 5.74) is 5.81. The number of ether oxygens (including phenoxy) is 1. The van der Waals surface area contributed by atoms with Crippen LogP contribution >= 0.6 is 11.3 Å². The largest absolute Gasteiger partial charge is 0.573 e. The van der Waals surface area contributed by atoms with Crippen molar-refractivity contribution in [1.82, 2.24) is 0 Å². The van der Waals surface area contributed by atoms with Gasteiger partial charge in [-0.1, -0.05) is 0 Å². The van der Waals surface area contributed by atoms with Crippen molar-refractivity contribution in [2.75, 3.05) is 0 Å². The van der Waals surface area contributed by atoms with E-state index in [1.165, 1.54) is 35.6 Å². The Bertz CT molecular complexity index is 590. The van der Waals surface area contributed by atoms with E-state index in [2.05, 4.69) is 4.74 Å². The fourth-order valence-electron chi connectivity index (χ4n) is 1.45. The molecular weight excluding hydrogens is 279 g/mol. The van der Waals surface area contributed by atoms with Crippen molar-refractivity contribution in [2.24, 2.45) is 5.73 Å². The van der Waals surface area contributed by atoms with E-state index >= 15 is 0 Å². The van der Waals surface area contributed by atoms with Crippen molar-refractivity contribution in [3.05, 3.63) is 41.3 Å². The number of hydrogen-bond acceptors (Lipinski definition) is 3. The first-order valence-corrected chi connectivity index (χ1v) is 5.92. The predicted octanol–water partition coefficient (Wildman–Crippen LogP) is 3.41. The molecule has 1 amide bonds. The first kappa shape index (κ1) is 13.4. The predicted molar refractivity (Wildman–Crippen MR) is 65.0 cm³/mol. The maximum atomic E-state index is 12.0. The summed E-state index contributed by atoms with van der Waals surface area (Å²) in [5.74, 6) is -0.823. The second-order valence-electron chi connectivity index (χ2n) is 3.60. The van der Waals surface area contributed by atoms with Gasteiger partial charge in [-0.25, -0.2) is 0 Å². The van der Waals surface area contributed by atoms with Crippen LogP contribution in [-0.4, -0.2) is 12.3 Å². The SMILES string of the molecule is NC(=O)c1ccc(-c2ccc(OC(F)(F)F)cc2)s1.